The second-order valence-corrected chi connectivity index (χ2v) is 8.34. The van der Waals surface area contributed by atoms with Crippen LogP contribution in [0.15, 0.2) is 64.5 Å². The largest absolute Gasteiger partial charge is 0.369 e. The molecule has 0 spiro atoms. The van der Waals surface area contributed by atoms with Crippen LogP contribution in [0.4, 0.5) is 5.69 Å². The molecule has 0 bridgehead atoms. The van der Waals surface area contributed by atoms with E-state index in [1.165, 1.54) is 11.3 Å². The molecule has 1 aliphatic heterocycles. The molecule has 3 rings (SSSR count). The number of aliphatic imine (C=N–C) groups is 1. The fourth-order valence-corrected chi connectivity index (χ4v) is 4.19. The Morgan fingerprint density at radius 3 is 2.63 bits per heavy atom. The first-order chi connectivity index (χ1) is 13.2. The Labute approximate surface area is 164 Å². The van der Waals surface area contributed by atoms with Crippen molar-refractivity contribution in [3.8, 4) is 0 Å². The molecule has 2 N–H and O–H groups in total. The number of hydrogen-bond acceptors (Lipinski definition) is 3. The minimum absolute atomic E-state index is 0.358. The van der Waals surface area contributed by atoms with Crippen LogP contribution < -0.4 is 15.5 Å². The average molecular weight is 385 g/mol. The highest BCUT2D eigenvalue weighted by molar-refractivity contribution is 7.85. The van der Waals surface area contributed by atoms with E-state index in [1.807, 2.05) is 30.3 Å². The van der Waals surface area contributed by atoms with Crippen molar-refractivity contribution in [3.05, 3.63) is 60.2 Å². The zero-order valence-corrected chi connectivity index (χ0v) is 16.8. The summed E-state index contributed by atoms with van der Waals surface area (Å²) in [6.45, 7) is 4.73. The number of anilines is 1. The van der Waals surface area contributed by atoms with E-state index in [0.717, 1.165) is 30.4 Å². The summed E-state index contributed by atoms with van der Waals surface area (Å²) in [5.74, 6) is 1.33. The maximum atomic E-state index is 12.3. The molecule has 1 saturated heterocycles. The van der Waals surface area contributed by atoms with Gasteiger partial charge in [0.15, 0.2) is 5.96 Å². The van der Waals surface area contributed by atoms with Crippen LogP contribution in [-0.2, 0) is 10.8 Å². The van der Waals surface area contributed by atoms with Gasteiger partial charge in [-0.05, 0) is 37.6 Å². The van der Waals surface area contributed by atoms with Crippen molar-refractivity contribution in [3.63, 3.8) is 0 Å². The number of aryl methyl sites for hydroxylation is 1. The summed E-state index contributed by atoms with van der Waals surface area (Å²) in [7, 11) is 0.782. The number of guanidine groups is 1. The average Bonchev–Trinajstić information content (AvgIpc) is 3.17. The molecule has 1 aliphatic rings. The maximum absolute atomic E-state index is 12.3. The first-order valence-electron chi connectivity index (χ1n) is 9.38. The van der Waals surface area contributed by atoms with Crippen molar-refractivity contribution in [1.29, 1.82) is 0 Å². The van der Waals surface area contributed by atoms with E-state index in [2.05, 4.69) is 51.7 Å². The summed E-state index contributed by atoms with van der Waals surface area (Å²) in [6.07, 6.45) is 1.07. The Bertz CT molecular complexity index is 777. The van der Waals surface area contributed by atoms with Crippen molar-refractivity contribution < 1.29 is 4.21 Å². The molecular formula is C21H28N4OS. The van der Waals surface area contributed by atoms with Crippen molar-refractivity contribution >= 4 is 22.4 Å². The first kappa shape index (κ1) is 19.4. The zero-order chi connectivity index (χ0) is 19.1. The number of nitrogens with one attached hydrogen (secondary N) is 2. The second-order valence-electron chi connectivity index (χ2n) is 6.77. The smallest absolute Gasteiger partial charge is 0.191 e. The lowest BCUT2D eigenvalue weighted by atomic mass is 10.2. The van der Waals surface area contributed by atoms with E-state index in [-0.39, 0.29) is 0 Å². The van der Waals surface area contributed by atoms with Gasteiger partial charge in [-0.2, -0.15) is 0 Å². The van der Waals surface area contributed by atoms with Crippen LogP contribution in [0.2, 0.25) is 0 Å². The van der Waals surface area contributed by atoms with Gasteiger partial charge in [-0.25, -0.2) is 0 Å². The Kier molecular flexibility index (Phi) is 6.87. The van der Waals surface area contributed by atoms with E-state index in [1.54, 1.807) is 7.05 Å². The van der Waals surface area contributed by atoms with Gasteiger partial charge < -0.3 is 15.5 Å². The summed E-state index contributed by atoms with van der Waals surface area (Å²) in [4.78, 5) is 7.57. The molecule has 0 aromatic heterocycles. The highest BCUT2D eigenvalue weighted by Crippen LogP contribution is 2.20. The van der Waals surface area contributed by atoms with Crippen LogP contribution in [0.5, 0.6) is 0 Å². The van der Waals surface area contributed by atoms with Crippen molar-refractivity contribution in [1.82, 2.24) is 10.6 Å². The minimum atomic E-state index is -0.992. The Morgan fingerprint density at radius 2 is 1.93 bits per heavy atom. The number of hydrogen-bond donors (Lipinski definition) is 2. The molecule has 0 aliphatic carbocycles. The van der Waals surface area contributed by atoms with Gasteiger partial charge in [0.2, 0.25) is 0 Å². The molecule has 1 fully saturated rings. The van der Waals surface area contributed by atoms with Gasteiger partial charge in [-0.15, -0.1) is 0 Å². The van der Waals surface area contributed by atoms with Gasteiger partial charge >= 0.3 is 0 Å². The monoisotopic (exact) mass is 384 g/mol. The molecule has 5 nitrogen and oxygen atoms in total. The molecule has 1 heterocycles. The standard InChI is InChI=1S/C21H28N4OS/c1-17-8-10-19(11-9-17)25-14-12-18(16-25)24-21(22-2)23-13-15-27(26)20-6-4-3-5-7-20/h3-11,18H,12-16H2,1-2H3,(H2,22,23,24). The Morgan fingerprint density at radius 1 is 1.19 bits per heavy atom. The van der Waals surface area contributed by atoms with Crippen LogP contribution >= 0.6 is 0 Å². The summed E-state index contributed by atoms with van der Waals surface area (Å²) >= 11 is 0. The molecule has 2 aromatic rings. The summed E-state index contributed by atoms with van der Waals surface area (Å²) in [6, 6.07) is 18.6. The summed E-state index contributed by atoms with van der Waals surface area (Å²) < 4.78 is 12.3. The molecular weight excluding hydrogens is 356 g/mol. The lowest BCUT2D eigenvalue weighted by molar-refractivity contribution is 0.650. The predicted octanol–water partition coefficient (Wildman–Crippen LogP) is 2.55. The molecule has 0 saturated carbocycles. The number of nitrogens with zero attached hydrogens (tertiary/aromatic N) is 2. The molecule has 2 unspecified atom stereocenters. The van der Waals surface area contributed by atoms with Gasteiger partial charge in [0.25, 0.3) is 0 Å². The van der Waals surface area contributed by atoms with Crippen LogP contribution in [0, 0.1) is 6.92 Å². The molecule has 2 aromatic carbocycles. The van der Waals surface area contributed by atoms with Gasteiger partial charge in [-0.1, -0.05) is 35.9 Å². The van der Waals surface area contributed by atoms with E-state index in [9.17, 15) is 4.21 Å². The van der Waals surface area contributed by atoms with Gasteiger partial charge in [0, 0.05) is 49.1 Å². The zero-order valence-electron chi connectivity index (χ0n) is 16.0. The topological polar surface area (TPSA) is 56.7 Å². The van der Waals surface area contributed by atoms with E-state index < -0.39 is 10.8 Å². The minimum Gasteiger partial charge on any atom is -0.369 e. The molecule has 144 valence electrons. The molecule has 6 heteroatoms. The van der Waals surface area contributed by atoms with Crippen LogP contribution in [0.1, 0.15) is 12.0 Å². The quantitative estimate of drug-likeness (QED) is 0.594. The SMILES string of the molecule is CN=C(NCCS(=O)c1ccccc1)NC1CCN(c2ccc(C)cc2)C1. The van der Waals surface area contributed by atoms with E-state index in [4.69, 9.17) is 0 Å². The van der Waals surface area contributed by atoms with Gasteiger partial charge in [0.05, 0.1) is 10.8 Å². The second kappa shape index (κ2) is 9.55. The third-order valence-electron chi connectivity index (χ3n) is 4.74. The molecule has 2 atom stereocenters. The highest BCUT2D eigenvalue weighted by Gasteiger charge is 2.23. The lowest BCUT2D eigenvalue weighted by Crippen LogP contribution is -2.45. The number of benzene rings is 2. The van der Waals surface area contributed by atoms with E-state index in [0.29, 0.717) is 18.3 Å². The predicted molar refractivity (Wildman–Crippen MR) is 114 cm³/mol. The van der Waals surface area contributed by atoms with Crippen LogP contribution in [0.25, 0.3) is 0 Å². The molecule has 0 radical (unpaired) electrons. The van der Waals surface area contributed by atoms with Crippen molar-refractivity contribution in [2.45, 2.75) is 24.3 Å². The third-order valence-corrected chi connectivity index (χ3v) is 6.11. The Balaban J connectivity index is 1.44. The third kappa shape index (κ3) is 5.57. The van der Waals surface area contributed by atoms with Gasteiger partial charge in [-0.3, -0.25) is 9.20 Å². The fraction of sp³-hybridized carbons (Fsp3) is 0.381. The van der Waals surface area contributed by atoms with Gasteiger partial charge in [0.1, 0.15) is 0 Å². The molecule has 0 amide bonds. The van der Waals surface area contributed by atoms with E-state index >= 15 is 0 Å². The fourth-order valence-electron chi connectivity index (χ4n) is 3.21. The maximum Gasteiger partial charge on any atom is 0.191 e. The highest BCUT2D eigenvalue weighted by atomic mass is 32.2. The summed E-state index contributed by atoms with van der Waals surface area (Å²) in [5, 5.41) is 6.77. The normalized spacial score (nSPS) is 18.4. The Hall–Kier alpha value is -2.34. The van der Waals surface area contributed by atoms with Crippen LogP contribution in [0.3, 0.4) is 0 Å². The van der Waals surface area contributed by atoms with Crippen LogP contribution in [-0.4, -0.2) is 48.6 Å². The molecule has 27 heavy (non-hydrogen) atoms. The summed E-state index contributed by atoms with van der Waals surface area (Å²) in [5.41, 5.74) is 2.55. The van der Waals surface area contributed by atoms with Crippen molar-refractivity contribution in [2.75, 3.05) is 37.3 Å². The lowest BCUT2D eigenvalue weighted by Gasteiger charge is -2.20. The first-order valence-corrected chi connectivity index (χ1v) is 10.7. The number of rotatable bonds is 6. The van der Waals surface area contributed by atoms with Crippen molar-refractivity contribution in [2.24, 2.45) is 4.99 Å².